The molecule has 1 aliphatic carbocycles. The fraction of sp³-hybridized carbons (Fsp3) is 0.385. The summed E-state index contributed by atoms with van der Waals surface area (Å²) in [5.74, 6) is 0.936. The van der Waals surface area contributed by atoms with Crippen LogP contribution in [0, 0.1) is 5.41 Å². The Morgan fingerprint density at radius 1 is 1.21 bits per heavy atom. The van der Waals surface area contributed by atoms with Crippen molar-refractivity contribution >= 4 is 12.2 Å². The zero-order chi connectivity index (χ0) is 10.2. The Hall–Kier alpha value is -1.24. The summed E-state index contributed by atoms with van der Waals surface area (Å²) in [5, 5.41) is 2.62. The highest BCUT2D eigenvalue weighted by Crippen LogP contribution is 2.24. The Bertz CT molecular complexity index is 455. The first-order valence-corrected chi connectivity index (χ1v) is 4.98. The van der Waals surface area contributed by atoms with Crippen molar-refractivity contribution in [2.24, 2.45) is 5.41 Å². The van der Waals surface area contributed by atoms with Crippen molar-refractivity contribution in [3.8, 4) is 5.75 Å². The molecule has 1 aromatic carbocycles. The number of rotatable bonds is 1. The number of hydrogen-bond donors (Lipinski definition) is 0. The lowest BCUT2D eigenvalue weighted by Crippen LogP contribution is -2.31. The van der Waals surface area contributed by atoms with Gasteiger partial charge in [-0.15, -0.1) is 0 Å². The van der Waals surface area contributed by atoms with Gasteiger partial charge in [-0.25, -0.2) is 0 Å². The first-order chi connectivity index (χ1) is 6.61. The first kappa shape index (κ1) is 9.32. The molecule has 0 spiro atoms. The van der Waals surface area contributed by atoms with Crippen molar-refractivity contribution in [2.45, 2.75) is 20.3 Å². The summed E-state index contributed by atoms with van der Waals surface area (Å²) in [5.41, 5.74) is 0.277. The minimum atomic E-state index is 0.277. The van der Waals surface area contributed by atoms with Crippen LogP contribution in [0.15, 0.2) is 18.2 Å². The molecule has 0 fully saturated rings. The fourth-order valence-corrected chi connectivity index (χ4v) is 1.84. The van der Waals surface area contributed by atoms with Crippen molar-refractivity contribution in [3.63, 3.8) is 0 Å². The molecular weight excluding hydrogens is 172 g/mol. The summed E-state index contributed by atoms with van der Waals surface area (Å²) in [7, 11) is 1.71. The van der Waals surface area contributed by atoms with Crippen molar-refractivity contribution in [1.82, 2.24) is 0 Å². The quantitative estimate of drug-likeness (QED) is 0.651. The van der Waals surface area contributed by atoms with Crippen LogP contribution < -0.4 is 15.2 Å². The van der Waals surface area contributed by atoms with E-state index in [1.165, 1.54) is 10.4 Å². The minimum Gasteiger partial charge on any atom is -0.497 e. The molecule has 2 rings (SSSR count). The number of hydrogen-bond acceptors (Lipinski definition) is 1. The van der Waals surface area contributed by atoms with E-state index in [1.807, 2.05) is 6.07 Å². The van der Waals surface area contributed by atoms with Crippen molar-refractivity contribution in [1.29, 1.82) is 0 Å². The molecule has 0 saturated heterocycles. The molecule has 74 valence electrons. The van der Waals surface area contributed by atoms with Gasteiger partial charge in [0, 0.05) is 0 Å². The van der Waals surface area contributed by atoms with E-state index in [4.69, 9.17) is 4.74 Å². The molecule has 1 nitrogen and oxygen atoms in total. The number of fused-ring (bicyclic) bond motifs is 1. The summed E-state index contributed by atoms with van der Waals surface area (Å²) in [6.45, 7) is 4.51. The lowest BCUT2D eigenvalue weighted by Gasteiger charge is -2.21. The van der Waals surface area contributed by atoms with Crippen LogP contribution in [-0.4, -0.2) is 7.11 Å². The van der Waals surface area contributed by atoms with Gasteiger partial charge >= 0.3 is 0 Å². The van der Waals surface area contributed by atoms with E-state index in [2.05, 4.69) is 38.1 Å². The molecule has 1 aromatic rings. The maximum absolute atomic E-state index is 5.21. The Labute approximate surface area is 84.7 Å². The largest absolute Gasteiger partial charge is 0.497 e. The second-order valence-corrected chi connectivity index (χ2v) is 4.54. The van der Waals surface area contributed by atoms with Crippen LogP contribution >= 0.6 is 0 Å². The smallest absolute Gasteiger partial charge is 0.119 e. The number of benzene rings is 1. The summed E-state index contributed by atoms with van der Waals surface area (Å²) in [6, 6.07) is 6.24. The van der Waals surface area contributed by atoms with Gasteiger partial charge in [0.25, 0.3) is 0 Å². The van der Waals surface area contributed by atoms with Crippen LogP contribution in [0.3, 0.4) is 0 Å². The van der Waals surface area contributed by atoms with Crippen LogP contribution in [0.4, 0.5) is 0 Å². The Kier molecular flexibility index (Phi) is 2.10. The fourth-order valence-electron chi connectivity index (χ4n) is 1.84. The van der Waals surface area contributed by atoms with E-state index < -0.39 is 0 Å². The zero-order valence-electron chi connectivity index (χ0n) is 9.00. The van der Waals surface area contributed by atoms with Crippen molar-refractivity contribution in [3.05, 3.63) is 28.6 Å². The average Bonchev–Trinajstić information content (AvgIpc) is 2.15. The van der Waals surface area contributed by atoms with E-state index >= 15 is 0 Å². The van der Waals surface area contributed by atoms with Gasteiger partial charge in [-0.05, 0) is 34.4 Å². The molecule has 1 heteroatoms. The zero-order valence-corrected chi connectivity index (χ0v) is 9.00. The van der Waals surface area contributed by atoms with Crippen LogP contribution in [0.1, 0.15) is 20.3 Å². The first-order valence-electron chi connectivity index (χ1n) is 4.98. The highest BCUT2D eigenvalue weighted by molar-refractivity contribution is 5.45. The van der Waals surface area contributed by atoms with Gasteiger partial charge in [0.1, 0.15) is 5.75 Å². The van der Waals surface area contributed by atoms with Crippen LogP contribution in [0.25, 0.3) is 12.2 Å². The van der Waals surface area contributed by atoms with Gasteiger partial charge in [-0.2, -0.15) is 0 Å². The van der Waals surface area contributed by atoms with Gasteiger partial charge in [-0.1, -0.05) is 32.1 Å². The van der Waals surface area contributed by atoms with Crippen LogP contribution in [-0.2, 0) is 0 Å². The lowest BCUT2D eigenvalue weighted by atomic mass is 9.84. The van der Waals surface area contributed by atoms with E-state index in [-0.39, 0.29) is 5.41 Å². The Morgan fingerprint density at radius 2 is 2.00 bits per heavy atom. The predicted molar refractivity (Wildman–Crippen MR) is 59.6 cm³/mol. The maximum Gasteiger partial charge on any atom is 0.119 e. The highest BCUT2D eigenvalue weighted by Gasteiger charge is 2.14. The van der Waals surface area contributed by atoms with Crippen molar-refractivity contribution < 1.29 is 4.74 Å². The molecule has 0 unspecified atom stereocenters. The molecule has 0 atom stereocenters. The molecule has 0 radical (unpaired) electrons. The molecule has 0 heterocycles. The third kappa shape index (κ3) is 1.67. The Balaban J connectivity index is 2.64. The predicted octanol–water partition coefficient (Wildman–Crippen LogP) is 1.69. The van der Waals surface area contributed by atoms with Gasteiger partial charge in [0.15, 0.2) is 0 Å². The molecule has 0 N–H and O–H groups in total. The molecule has 0 amide bonds. The summed E-state index contributed by atoms with van der Waals surface area (Å²) < 4.78 is 5.21. The van der Waals surface area contributed by atoms with Gasteiger partial charge in [0.2, 0.25) is 0 Å². The third-order valence-electron chi connectivity index (χ3n) is 2.69. The number of methoxy groups -OCH3 is 1. The summed E-state index contributed by atoms with van der Waals surface area (Å²) >= 11 is 0. The molecule has 1 aliphatic rings. The second-order valence-electron chi connectivity index (χ2n) is 4.54. The monoisotopic (exact) mass is 188 g/mol. The molecular formula is C13H16O. The van der Waals surface area contributed by atoms with Gasteiger partial charge < -0.3 is 4.74 Å². The molecule has 0 aromatic heterocycles. The van der Waals surface area contributed by atoms with Crippen LogP contribution in [0.5, 0.6) is 5.75 Å². The van der Waals surface area contributed by atoms with Gasteiger partial charge in [0.05, 0.1) is 7.11 Å². The van der Waals surface area contributed by atoms with E-state index in [0.29, 0.717) is 0 Å². The van der Waals surface area contributed by atoms with Crippen molar-refractivity contribution in [2.75, 3.05) is 7.11 Å². The van der Waals surface area contributed by atoms with Gasteiger partial charge in [-0.3, -0.25) is 0 Å². The van der Waals surface area contributed by atoms with Crippen LogP contribution in [0.2, 0.25) is 0 Å². The minimum absolute atomic E-state index is 0.277. The third-order valence-corrected chi connectivity index (χ3v) is 2.69. The van der Waals surface area contributed by atoms with E-state index in [1.54, 1.807) is 7.11 Å². The summed E-state index contributed by atoms with van der Waals surface area (Å²) in [4.78, 5) is 0. The SMILES string of the molecule is COc1ccc2c(c1)=CC(C)(C)CC=2. The molecule has 0 aliphatic heterocycles. The molecule has 0 bridgehead atoms. The second kappa shape index (κ2) is 3.16. The normalized spacial score (nSPS) is 17.6. The molecule has 14 heavy (non-hydrogen) atoms. The highest BCUT2D eigenvalue weighted by atomic mass is 16.5. The standard InChI is InChI=1S/C13H16O/c1-13(2)7-6-10-4-5-12(14-3)8-11(10)9-13/h4-6,8-9H,7H2,1-3H3. The maximum atomic E-state index is 5.21. The topological polar surface area (TPSA) is 9.23 Å². The molecule has 0 saturated carbocycles. The summed E-state index contributed by atoms with van der Waals surface area (Å²) in [6.07, 6.45) is 5.74. The van der Waals surface area contributed by atoms with E-state index in [0.717, 1.165) is 12.2 Å². The van der Waals surface area contributed by atoms with E-state index in [9.17, 15) is 0 Å². The number of ether oxygens (including phenoxy) is 1. The average molecular weight is 188 g/mol. The lowest BCUT2D eigenvalue weighted by molar-refractivity contribution is 0.414. The Morgan fingerprint density at radius 3 is 2.71 bits per heavy atom.